The highest BCUT2D eigenvalue weighted by Gasteiger charge is 2.20. The summed E-state index contributed by atoms with van der Waals surface area (Å²) in [6.07, 6.45) is 0. The van der Waals surface area contributed by atoms with Crippen molar-refractivity contribution in [2.45, 2.75) is 0 Å². The Labute approximate surface area is 115 Å². The van der Waals surface area contributed by atoms with Gasteiger partial charge in [-0.15, -0.1) is 0 Å². The molecule has 9 heteroatoms. The average molecular weight is 292 g/mol. The molecule has 0 atom stereocenters. The number of anilines is 2. The molecule has 3 rings (SSSR count). The summed E-state index contributed by atoms with van der Waals surface area (Å²) in [4.78, 5) is 10.2. The zero-order chi connectivity index (χ0) is 15.0. The SMILES string of the molecule is O=[N+]([O-])c1ccc(Nc2ccc(F)cc2F)c2nonc12. The van der Waals surface area contributed by atoms with Gasteiger partial charge in [0.1, 0.15) is 11.6 Å². The number of hydrogen-bond acceptors (Lipinski definition) is 6. The molecule has 0 radical (unpaired) electrons. The zero-order valence-electron chi connectivity index (χ0n) is 10.2. The Morgan fingerprint density at radius 2 is 1.81 bits per heavy atom. The lowest BCUT2D eigenvalue weighted by Crippen LogP contribution is -1.97. The molecule has 2 aromatic carbocycles. The van der Waals surface area contributed by atoms with Gasteiger partial charge in [-0.25, -0.2) is 13.4 Å². The molecule has 7 nitrogen and oxygen atoms in total. The van der Waals surface area contributed by atoms with E-state index in [-0.39, 0.29) is 28.1 Å². The standard InChI is InChI=1S/C12H6F2N4O3/c13-6-1-2-8(7(14)5-6)15-9-3-4-10(18(19)20)12-11(9)16-21-17-12/h1-5,15H. The topological polar surface area (TPSA) is 94.1 Å². The molecule has 0 amide bonds. The zero-order valence-corrected chi connectivity index (χ0v) is 10.2. The molecular weight excluding hydrogens is 286 g/mol. The predicted molar refractivity (Wildman–Crippen MR) is 68.1 cm³/mol. The van der Waals surface area contributed by atoms with Crippen molar-refractivity contribution in [1.29, 1.82) is 0 Å². The van der Waals surface area contributed by atoms with Crippen LogP contribution in [0.5, 0.6) is 0 Å². The van der Waals surface area contributed by atoms with Gasteiger partial charge in [-0.05, 0) is 28.5 Å². The van der Waals surface area contributed by atoms with E-state index in [0.717, 1.165) is 6.07 Å². The van der Waals surface area contributed by atoms with E-state index in [1.807, 2.05) is 0 Å². The Morgan fingerprint density at radius 3 is 2.52 bits per heavy atom. The fourth-order valence-electron chi connectivity index (χ4n) is 1.84. The third kappa shape index (κ3) is 2.24. The lowest BCUT2D eigenvalue weighted by atomic mass is 10.2. The summed E-state index contributed by atoms with van der Waals surface area (Å²) in [5.41, 5.74) is -0.0197. The van der Waals surface area contributed by atoms with Crippen LogP contribution in [0.1, 0.15) is 0 Å². The van der Waals surface area contributed by atoms with E-state index in [4.69, 9.17) is 0 Å². The Hall–Kier alpha value is -3.10. The number of rotatable bonds is 3. The summed E-state index contributed by atoms with van der Waals surface area (Å²) in [5.74, 6) is -1.52. The summed E-state index contributed by atoms with van der Waals surface area (Å²) in [6, 6.07) is 5.52. The molecule has 0 aliphatic rings. The van der Waals surface area contributed by atoms with Crippen molar-refractivity contribution in [2.24, 2.45) is 0 Å². The van der Waals surface area contributed by atoms with E-state index < -0.39 is 16.6 Å². The molecule has 0 fully saturated rings. The van der Waals surface area contributed by atoms with Crippen LogP contribution >= 0.6 is 0 Å². The number of aromatic nitrogens is 2. The lowest BCUT2D eigenvalue weighted by molar-refractivity contribution is -0.383. The molecule has 1 N–H and O–H groups in total. The van der Waals surface area contributed by atoms with Crippen LogP contribution in [0.15, 0.2) is 35.0 Å². The second-order valence-corrected chi connectivity index (χ2v) is 4.10. The number of halogens is 2. The molecule has 1 aromatic heterocycles. The lowest BCUT2D eigenvalue weighted by Gasteiger charge is -2.07. The van der Waals surface area contributed by atoms with Crippen LogP contribution in [-0.2, 0) is 0 Å². The summed E-state index contributed by atoms with van der Waals surface area (Å²) in [7, 11) is 0. The van der Waals surface area contributed by atoms with E-state index >= 15 is 0 Å². The van der Waals surface area contributed by atoms with Crippen LogP contribution in [0.3, 0.4) is 0 Å². The van der Waals surface area contributed by atoms with E-state index in [1.54, 1.807) is 0 Å². The smallest absolute Gasteiger partial charge is 0.300 e. The fraction of sp³-hybridized carbons (Fsp3) is 0. The van der Waals surface area contributed by atoms with Gasteiger partial charge in [-0.1, -0.05) is 0 Å². The number of nitrogens with one attached hydrogen (secondary N) is 1. The third-order valence-electron chi connectivity index (χ3n) is 2.79. The van der Waals surface area contributed by atoms with Crippen molar-refractivity contribution in [2.75, 3.05) is 5.32 Å². The van der Waals surface area contributed by atoms with Gasteiger partial charge in [-0.3, -0.25) is 10.1 Å². The summed E-state index contributed by atoms with van der Waals surface area (Å²) in [6.45, 7) is 0. The number of nitrogens with zero attached hydrogens (tertiary/aromatic N) is 3. The molecule has 0 unspecified atom stereocenters. The summed E-state index contributed by atoms with van der Waals surface area (Å²) < 4.78 is 30.9. The van der Waals surface area contributed by atoms with E-state index in [1.165, 1.54) is 18.2 Å². The number of fused-ring (bicyclic) bond motifs is 1. The number of hydrogen-bond donors (Lipinski definition) is 1. The molecule has 0 saturated carbocycles. The summed E-state index contributed by atoms with van der Waals surface area (Å²) >= 11 is 0. The highest BCUT2D eigenvalue weighted by molar-refractivity contribution is 5.94. The van der Waals surface area contributed by atoms with Crippen LogP contribution in [-0.4, -0.2) is 15.2 Å². The minimum Gasteiger partial charge on any atom is -0.351 e. The maximum Gasteiger partial charge on any atom is 0.300 e. The molecule has 3 aromatic rings. The van der Waals surface area contributed by atoms with E-state index in [2.05, 4.69) is 20.3 Å². The second kappa shape index (κ2) is 4.78. The van der Waals surface area contributed by atoms with E-state index in [0.29, 0.717) is 6.07 Å². The van der Waals surface area contributed by atoms with Crippen molar-refractivity contribution < 1.29 is 18.3 Å². The van der Waals surface area contributed by atoms with Crippen molar-refractivity contribution >= 4 is 28.1 Å². The van der Waals surface area contributed by atoms with Gasteiger partial charge in [-0.2, -0.15) is 0 Å². The van der Waals surface area contributed by atoms with Crippen molar-refractivity contribution in [3.8, 4) is 0 Å². The van der Waals surface area contributed by atoms with Crippen LogP contribution in [0.2, 0.25) is 0 Å². The molecule has 0 aliphatic carbocycles. The highest BCUT2D eigenvalue weighted by Crippen LogP contribution is 2.31. The minimum absolute atomic E-state index is 0.00504. The van der Waals surface area contributed by atoms with Crippen LogP contribution < -0.4 is 5.32 Å². The maximum absolute atomic E-state index is 13.6. The molecular formula is C12H6F2N4O3. The first kappa shape index (κ1) is 12.9. The van der Waals surface area contributed by atoms with Gasteiger partial charge in [0.05, 0.1) is 16.3 Å². The van der Waals surface area contributed by atoms with Gasteiger partial charge in [0, 0.05) is 12.1 Å². The number of non-ortho nitro benzene ring substituents is 1. The van der Waals surface area contributed by atoms with Gasteiger partial charge in [0.2, 0.25) is 5.52 Å². The molecule has 0 bridgehead atoms. The number of nitro groups is 1. The van der Waals surface area contributed by atoms with Gasteiger partial charge >= 0.3 is 5.69 Å². The monoisotopic (exact) mass is 292 g/mol. The molecule has 106 valence electrons. The minimum atomic E-state index is -0.807. The van der Waals surface area contributed by atoms with Crippen LogP contribution in [0.4, 0.5) is 25.8 Å². The first-order valence-corrected chi connectivity index (χ1v) is 5.68. The van der Waals surface area contributed by atoms with Gasteiger partial charge in [0.25, 0.3) is 0 Å². The normalized spacial score (nSPS) is 10.8. The first-order valence-electron chi connectivity index (χ1n) is 5.68. The number of benzene rings is 2. The molecule has 0 spiro atoms. The summed E-state index contributed by atoms with van der Waals surface area (Å²) in [5, 5.41) is 20.5. The Bertz CT molecular complexity index is 850. The predicted octanol–water partition coefficient (Wildman–Crippen LogP) is 3.15. The highest BCUT2D eigenvalue weighted by atomic mass is 19.1. The molecule has 0 aliphatic heterocycles. The van der Waals surface area contributed by atoms with Crippen LogP contribution in [0, 0.1) is 21.7 Å². The van der Waals surface area contributed by atoms with Crippen molar-refractivity contribution in [3.63, 3.8) is 0 Å². The first-order chi connectivity index (χ1) is 10.1. The number of nitro benzene ring substituents is 1. The quantitative estimate of drug-likeness (QED) is 0.588. The van der Waals surface area contributed by atoms with Crippen molar-refractivity contribution in [3.05, 3.63) is 52.1 Å². The average Bonchev–Trinajstić information content (AvgIpc) is 2.91. The van der Waals surface area contributed by atoms with E-state index in [9.17, 15) is 18.9 Å². The fourth-order valence-corrected chi connectivity index (χ4v) is 1.84. The second-order valence-electron chi connectivity index (χ2n) is 4.10. The molecule has 1 heterocycles. The largest absolute Gasteiger partial charge is 0.351 e. The van der Waals surface area contributed by atoms with Gasteiger partial charge in [0.15, 0.2) is 5.52 Å². The molecule has 0 saturated heterocycles. The Morgan fingerprint density at radius 1 is 1.10 bits per heavy atom. The van der Waals surface area contributed by atoms with Gasteiger partial charge < -0.3 is 5.32 Å². The maximum atomic E-state index is 13.6. The Balaban J connectivity index is 2.07. The Kier molecular flexibility index (Phi) is 2.94. The molecule has 21 heavy (non-hydrogen) atoms. The third-order valence-corrected chi connectivity index (χ3v) is 2.79. The van der Waals surface area contributed by atoms with Crippen molar-refractivity contribution in [1.82, 2.24) is 10.3 Å². The van der Waals surface area contributed by atoms with Crippen LogP contribution in [0.25, 0.3) is 11.0 Å².